The molecular formula is C16H24N2O2. The van der Waals surface area contributed by atoms with E-state index in [1.54, 1.807) is 7.11 Å². The number of benzene rings is 1. The SMILES string of the molecule is COc1ccc(NC(=O)C2(CN)CCCCCC2)cc1. The predicted octanol–water partition coefficient (Wildman–Crippen LogP) is 2.93. The van der Waals surface area contributed by atoms with Crippen molar-refractivity contribution in [2.75, 3.05) is 19.0 Å². The molecular weight excluding hydrogens is 252 g/mol. The summed E-state index contributed by atoms with van der Waals surface area (Å²) in [4.78, 5) is 12.6. The Morgan fingerprint density at radius 2 is 1.80 bits per heavy atom. The fourth-order valence-electron chi connectivity index (χ4n) is 2.87. The number of carbonyl (C=O) groups excluding carboxylic acids is 1. The molecule has 1 aliphatic carbocycles. The Morgan fingerprint density at radius 1 is 1.20 bits per heavy atom. The first-order valence-corrected chi connectivity index (χ1v) is 7.36. The van der Waals surface area contributed by atoms with Crippen molar-refractivity contribution in [3.8, 4) is 5.75 Å². The Kier molecular flexibility index (Phi) is 5.01. The molecule has 4 nitrogen and oxygen atoms in total. The van der Waals surface area contributed by atoms with Crippen LogP contribution in [0, 0.1) is 5.41 Å². The van der Waals surface area contributed by atoms with Gasteiger partial charge in [0.15, 0.2) is 0 Å². The lowest BCUT2D eigenvalue weighted by Gasteiger charge is -2.29. The molecule has 0 aromatic heterocycles. The zero-order chi connectivity index (χ0) is 14.4. The van der Waals surface area contributed by atoms with Crippen LogP contribution in [0.25, 0.3) is 0 Å². The number of hydrogen-bond donors (Lipinski definition) is 2. The van der Waals surface area contributed by atoms with E-state index in [0.717, 1.165) is 37.1 Å². The number of ether oxygens (including phenoxy) is 1. The van der Waals surface area contributed by atoms with Gasteiger partial charge in [-0.3, -0.25) is 4.79 Å². The van der Waals surface area contributed by atoms with Crippen molar-refractivity contribution in [3.05, 3.63) is 24.3 Å². The summed E-state index contributed by atoms with van der Waals surface area (Å²) in [6, 6.07) is 7.41. The summed E-state index contributed by atoms with van der Waals surface area (Å²) < 4.78 is 5.12. The monoisotopic (exact) mass is 276 g/mol. The van der Waals surface area contributed by atoms with E-state index < -0.39 is 5.41 Å². The minimum absolute atomic E-state index is 0.0621. The lowest BCUT2D eigenvalue weighted by Crippen LogP contribution is -2.42. The highest BCUT2D eigenvalue weighted by atomic mass is 16.5. The summed E-state index contributed by atoms with van der Waals surface area (Å²) in [6.07, 6.45) is 6.38. The van der Waals surface area contributed by atoms with Crippen LogP contribution in [-0.2, 0) is 4.79 Å². The lowest BCUT2D eigenvalue weighted by atomic mass is 9.79. The molecule has 0 radical (unpaired) electrons. The zero-order valence-electron chi connectivity index (χ0n) is 12.2. The molecule has 1 amide bonds. The molecule has 1 saturated carbocycles. The summed E-state index contributed by atoms with van der Waals surface area (Å²) in [5.74, 6) is 0.845. The molecule has 1 aromatic carbocycles. The van der Waals surface area contributed by atoms with Crippen molar-refractivity contribution >= 4 is 11.6 Å². The fourth-order valence-corrected chi connectivity index (χ4v) is 2.87. The molecule has 3 N–H and O–H groups in total. The first kappa shape index (κ1) is 14.9. The van der Waals surface area contributed by atoms with Crippen LogP contribution >= 0.6 is 0 Å². The van der Waals surface area contributed by atoms with Crippen LogP contribution < -0.4 is 15.8 Å². The van der Waals surface area contributed by atoms with Gasteiger partial charge in [-0.25, -0.2) is 0 Å². The number of methoxy groups -OCH3 is 1. The van der Waals surface area contributed by atoms with Gasteiger partial charge in [0.2, 0.25) is 5.91 Å². The van der Waals surface area contributed by atoms with Crippen molar-refractivity contribution in [1.82, 2.24) is 0 Å². The standard InChI is InChI=1S/C16H24N2O2/c1-20-14-8-6-13(7-9-14)18-15(19)16(12-17)10-4-2-3-5-11-16/h6-9H,2-5,10-12,17H2,1H3,(H,18,19). The highest BCUT2D eigenvalue weighted by Gasteiger charge is 2.37. The minimum atomic E-state index is -0.392. The van der Waals surface area contributed by atoms with Gasteiger partial charge >= 0.3 is 0 Å². The van der Waals surface area contributed by atoms with Gasteiger partial charge < -0.3 is 15.8 Å². The lowest BCUT2D eigenvalue weighted by molar-refractivity contribution is -0.125. The maximum absolute atomic E-state index is 12.6. The Balaban J connectivity index is 2.07. The van der Waals surface area contributed by atoms with E-state index in [1.165, 1.54) is 12.8 Å². The molecule has 0 atom stereocenters. The number of hydrogen-bond acceptors (Lipinski definition) is 3. The third-order valence-electron chi connectivity index (χ3n) is 4.28. The quantitative estimate of drug-likeness (QED) is 0.831. The molecule has 110 valence electrons. The highest BCUT2D eigenvalue weighted by Crippen LogP contribution is 2.35. The Hall–Kier alpha value is -1.55. The molecule has 1 aromatic rings. The van der Waals surface area contributed by atoms with Crippen LogP contribution in [0.5, 0.6) is 5.75 Å². The van der Waals surface area contributed by atoms with Crippen LogP contribution in [0.1, 0.15) is 38.5 Å². The molecule has 1 fully saturated rings. The van der Waals surface area contributed by atoms with Gasteiger partial charge in [-0.05, 0) is 37.1 Å². The van der Waals surface area contributed by atoms with Crippen LogP contribution in [-0.4, -0.2) is 19.6 Å². The zero-order valence-corrected chi connectivity index (χ0v) is 12.2. The van der Waals surface area contributed by atoms with Crippen molar-refractivity contribution in [2.45, 2.75) is 38.5 Å². The second-order valence-corrected chi connectivity index (χ2v) is 5.58. The summed E-state index contributed by atoms with van der Waals surface area (Å²) in [7, 11) is 1.63. The number of amides is 1. The Morgan fingerprint density at radius 3 is 2.30 bits per heavy atom. The van der Waals surface area contributed by atoms with E-state index in [1.807, 2.05) is 24.3 Å². The molecule has 1 aliphatic rings. The topological polar surface area (TPSA) is 64.3 Å². The number of anilines is 1. The van der Waals surface area contributed by atoms with Gasteiger partial charge in [-0.2, -0.15) is 0 Å². The van der Waals surface area contributed by atoms with Crippen molar-refractivity contribution < 1.29 is 9.53 Å². The van der Waals surface area contributed by atoms with E-state index in [-0.39, 0.29) is 5.91 Å². The average Bonchev–Trinajstić information content (AvgIpc) is 2.74. The van der Waals surface area contributed by atoms with Gasteiger partial charge in [0, 0.05) is 12.2 Å². The molecule has 0 unspecified atom stereocenters. The Labute approximate surface area is 120 Å². The van der Waals surface area contributed by atoms with Gasteiger partial charge in [0.1, 0.15) is 5.75 Å². The number of nitrogens with two attached hydrogens (primary N) is 1. The van der Waals surface area contributed by atoms with E-state index in [2.05, 4.69) is 5.32 Å². The second kappa shape index (κ2) is 6.75. The van der Waals surface area contributed by atoms with E-state index >= 15 is 0 Å². The van der Waals surface area contributed by atoms with Crippen LogP contribution in [0.4, 0.5) is 5.69 Å². The second-order valence-electron chi connectivity index (χ2n) is 5.58. The van der Waals surface area contributed by atoms with Crippen LogP contribution in [0.15, 0.2) is 24.3 Å². The maximum atomic E-state index is 12.6. The third-order valence-corrected chi connectivity index (χ3v) is 4.28. The first-order chi connectivity index (χ1) is 9.70. The minimum Gasteiger partial charge on any atom is -0.497 e. The number of nitrogens with one attached hydrogen (secondary N) is 1. The van der Waals surface area contributed by atoms with E-state index in [4.69, 9.17) is 10.5 Å². The third kappa shape index (κ3) is 3.31. The molecule has 4 heteroatoms. The molecule has 2 rings (SSSR count). The number of rotatable bonds is 4. The molecule has 0 spiro atoms. The largest absolute Gasteiger partial charge is 0.497 e. The first-order valence-electron chi connectivity index (χ1n) is 7.36. The van der Waals surface area contributed by atoms with Gasteiger partial charge in [-0.1, -0.05) is 25.7 Å². The van der Waals surface area contributed by atoms with Gasteiger partial charge in [0.05, 0.1) is 12.5 Å². The number of carbonyl (C=O) groups is 1. The van der Waals surface area contributed by atoms with Crippen molar-refractivity contribution in [3.63, 3.8) is 0 Å². The fraction of sp³-hybridized carbons (Fsp3) is 0.562. The molecule has 0 bridgehead atoms. The van der Waals surface area contributed by atoms with Crippen LogP contribution in [0.2, 0.25) is 0 Å². The summed E-state index contributed by atoms with van der Waals surface area (Å²) in [5, 5.41) is 3.01. The van der Waals surface area contributed by atoms with Crippen molar-refractivity contribution in [1.29, 1.82) is 0 Å². The molecule has 0 aliphatic heterocycles. The summed E-state index contributed by atoms with van der Waals surface area (Å²) >= 11 is 0. The molecule has 20 heavy (non-hydrogen) atoms. The van der Waals surface area contributed by atoms with Crippen LogP contribution in [0.3, 0.4) is 0 Å². The predicted molar refractivity (Wildman–Crippen MR) is 80.8 cm³/mol. The van der Waals surface area contributed by atoms with E-state index in [0.29, 0.717) is 6.54 Å². The van der Waals surface area contributed by atoms with E-state index in [9.17, 15) is 4.79 Å². The maximum Gasteiger partial charge on any atom is 0.231 e. The molecule has 0 heterocycles. The highest BCUT2D eigenvalue weighted by molar-refractivity contribution is 5.95. The molecule has 0 saturated heterocycles. The summed E-state index contributed by atoms with van der Waals surface area (Å²) in [5.41, 5.74) is 6.33. The van der Waals surface area contributed by atoms with Gasteiger partial charge in [-0.15, -0.1) is 0 Å². The average molecular weight is 276 g/mol. The Bertz CT molecular complexity index is 434. The smallest absolute Gasteiger partial charge is 0.231 e. The van der Waals surface area contributed by atoms with Gasteiger partial charge in [0.25, 0.3) is 0 Å². The normalized spacial score (nSPS) is 18.1. The summed E-state index contributed by atoms with van der Waals surface area (Å²) in [6.45, 7) is 0.426. The van der Waals surface area contributed by atoms with Crippen molar-refractivity contribution in [2.24, 2.45) is 11.1 Å².